The van der Waals surface area contributed by atoms with E-state index in [9.17, 15) is 14.4 Å². The Morgan fingerprint density at radius 1 is 0.560 bits per heavy atom. The van der Waals surface area contributed by atoms with E-state index in [4.69, 9.17) is 39.1 Å². The van der Waals surface area contributed by atoms with Crippen molar-refractivity contribution in [2.45, 2.75) is 0 Å². The van der Waals surface area contributed by atoms with Gasteiger partial charge in [0.05, 0.1) is 0 Å². The monoisotopic (exact) mass is 566 g/mol. The summed E-state index contributed by atoms with van der Waals surface area (Å²) in [6, 6.07) is 0. The van der Waals surface area contributed by atoms with E-state index in [2.05, 4.69) is 0 Å². The molecule has 0 atom stereocenters. The summed E-state index contributed by atoms with van der Waals surface area (Å²) in [6.45, 7) is -4.66. The van der Waals surface area contributed by atoms with E-state index in [0.717, 1.165) is 0 Å². The fourth-order valence-electron chi connectivity index (χ4n) is 1.12. The van der Waals surface area contributed by atoms with Crippen molar-refractivity contribution in [1.29, 1.82) is 0 Å². The van der Waals surface area contributed by atoms with E-state index >= 15 is 0 Å². The summed E-state index contributed by atoms with van der Waals surface area (Å²) >= 11 is -4.62. The molecule has 146 valence electrons. The Morgan fingerprint density at radius 2 is 0.760 bits per heavy atom. The third-order valence-corrected chi connectivity index (χ3v) is 6.65. The SMILES string of the molecule is O=C([O][Bi]([O]C(=O)C(CO)CO)[O]C(=O)C(CO)CO)C(CO)CO. The first-order chi connectivity index (χ1) is 11.9. The van der Waals surface area contributed by atoms with Crippen LogP contribution in [0.4, 0.5) is 0 Å². The van der Waals surface area contributed by atoms with Gasteiger partial charge in [0.25, 0.3) is 0 Å². The molecule has 0 aromatic rings. The predicted octanol–water partition coefficient (Wildman–Crippen LogP) is -4.60. The predicted molar refractivity (Wildman–Crippen MR) is 77.0 cm³/mol. The van der Waals surface area contributed by atoms with Crippen LogP contribution in [0.1, 0.15) is 0 Å². The number of aliphatic hydroxyl groups is 6. The van der Waals surface area contributed by atoms with Crippen LogP contribution in [0.3, 0.4) is 0 Å². The molecular weight excluding hydrogens is 545 g/mol. The Bertz CT molecular complexity index is 357. The maximum atomic E-state index is 11.7. The Balaban J connectivity index is 5.12. The molecule has 0 heterocycles. The van der Waals surface area contributed by atoms with E-state index in [0.29, 0.717) is 0 Å². The molecule has 0 fully saturated rings. The molecule has 0 saturated heterocycles. The Labute approximate surface area is 152 Å². The molecule has 0 aliphatic carbocycles. The minimum absolute atomic E-state index is 0.777. The van der Waals surface area contributed by atoms with Crippen molar-refractivity contribution in [3.8, 4) is 0 Å². The number of hydrogen-bond acceptors (Lipinski definition) is 12. The van der Waals surface area contributed by atoms with Crippen molar-refractivity contribution < 1.29 is 53.5 Å². The van der Waals surface area contributed by atoms with Crippen LogP contribution in [0.2, 0.25) is 0 Å². The average molecular weight is 566 g/mol. The molecule has 0 aromatic carbocycles. The first-order valence-electron chi connectivity index (χ1n) is 6.99. The van der Waals surface area contributed by atoms with Crippen molar-refractivity contribution >= 4 is 41.0 Å². The standard InChI is InChI=1S/3C4H8O4.Bi/c3*5-1-3(2-6)4(7)8;/h3*3,5-6H,1-2H2,(H,7,8);/q;;;+3/p-3. The van der Waals surface area contributed by atoms with E-state index in [1.807, 2.05) is 0 Å². The van der Waals surface area contributed by atoms with E-state index in [-0.39, 0.29) is 0 Å². The van der Waals surface area contributed by atoms with Crippen LogP contribution in [-0.4, -0.2) is 111 Å². The van der Waals surface area contributed by atoms with Crippen LogP contribution in [0, 0.1) is 17.8 Å². The van der Waals surface area contributed by atoms with Crippen LogP contribution in [0.5, 0.6) is 0 Å². The van der Waals surface area contributed by atoms with Gasteiger partial charge >= 0.3 is 152 Å². The van der Waals surface area contributed by atoms with Gasteiger partial charge in [-0.1, -0.05) is 0 Å². The van der Waals surface area contributed by atoms with Crippen LogP contribution in [0.15, 0.2) is 0 Å². The third kappa shape index (κ3) is 8.32. The summed E-state index contributed by atoms with van der Waals surface area (Å²) in [5.41, 5.74) is 0. The molecule has 6 N–H and O–H groups in total. The number of hydrogen-bond donors (Lipinski definition) is 6. The molecule has 0 bridgehead atoms. The van der Waals surface area contributed by atoms with Crippen LogP contribution in [-0.2, 0) is 22.8 Å². The topological polar surface area (TPSA) is 200 Å². The van der Waals surface area contributed by atoms with E-state index in [1.54, 1.807) is 0 Å². The maximum absolute atomic E-state index is 11.7. The first-order valence-corrected chi connectivity index (χ1v) is 11.2. The van der Waals surface area contributed by atoms with Crippen molar-refractivity contribution in [3.63, 3.8) is 0 Å². The second-order valence-electron chi connectivity index (χ2n) is 4.64. The van der Waals surface area contributed by atoms with Crippen LogP contribution >= 0.6 is 0 Å². The average Bonchev–Trinajstić information content (AvgIpc) is 2.57. The molecule has 0 saturated carbocycles. The summed E-state index contributed by atoms with van der Waals surface area (Å²) in [7, 11) is 0. The Morgan fingerprint density at radius 3 is 0.920 bits per heavy atom. The molecule has 0 rings (SSSR count). The molecule has 12 nitrogen and oxygen atoms in total. The molecular formula is C12H21BiO12. The van der Waals surface area contributed by atoms with Gasteiger partial charge in [0.1, 0.15) is 0 Å². The molecule has 0 amide bonds. The second-order valence-corrected chi connectivity index (χ2v) is 8.51. The van der Waals surface area contributed by atoms with Crippen molar-refractivity contribution in [3.05, 3.63) is 0 Å². The van der Waals surface area contributed by atoms with Gasteiger partial charge in [-0.25, -0.2) is 0 Å². The first kappa shape index (κ1) is 24.1. The fraction of sp³-hybridized carbons (Fsp3) is 0.750. The Kier molecular flexibility index (Phi) is 12.8. The zero-order valence-electron chi connectivity index (χ0n) is 13.1. The molecule has 0 spiro atoms. The third-order valence-electron chi connectivity index (χ3n) is 2.82. The second kappa shape index (κ2) is 13.3. The summed E-state index contributed by atoms with van der Waals surface area (Å²) in [5, 5.41) is 53.5. The van der Waals surface area contributed by atoms with Gasteiger partial charge in [0.2, 0.25) is 0 Å². The molecule has 25 heavy (non-hydrogen) atoms. The van der Waals surface area contributed by atoms with Gasteiger partial charge in [-0.15, -0.1) is 0 Å². The summed E-state index contributed by atoms with van der Waals surface area (Å²) in [5.74, 6) is -7.61. The van der Waals surface area contributed by atoms with Crippen LogP contribution < -0.4 is 0 Å². The van der Waals surface area contributed by atoms with Crippen molar-refractivity contribution in [2.24, 2.45) is 17.8 Å². The fourth-order valence-corrected chi connectivity index (χ4v) is 5.01. The normalized spacial score (nSPS) is 11.3. The Hall–Kier alpha value is -0.947. The zero-order valence-corrected chi connectivity index (χ0v) is 16.5. The summed E-state index contributed by atoms with van der Waals surface area (Å²) in [6.07, 6.45) is 0. The summed E-state index contributed by atoms with van der Waals surface area (Å²) < 4.78 is 14.2. The van der Waals surface area contributed by atoms with E-state index < -0.39 is 98.4 Å². The molecule has 0 aliphatic heterocycles. The van der Waals surface area contributed by atoms with Crippen molar-refractivity contribution in [1.82, 2.24) is 0 Å². The number of carbonyl (C=O) groups excluding carboxylic acids is 3. The van der Waals surface area contributed by atoms with Gasteiger partial charge < -0.3 is 0 Å². The van der Waals surface area contributed by atoms with Gasteiger partial charge in [-0.3, -0.25) is 0 Å². The van der Waals surface area contributed by atoms with E-state index in [1.165, 1.54) is 0 Å². The van der Waals surface area contributed by atoms with Crippen LogP contribution in [0.25, 0.3) is 0 Å². The van der Waals surface area contributed by atoms with Crippen molar-refractivity contribution in [2.75, 3.05) is 39.6 Å². The number of aliphatic hydroxyl groups excluding tert-OH is 6. The number of carbonyl (C=O) groups is 3. The molecule has 0 aliphatic rings. The van der Waals surface area contributed by atoms with Gasteiger partial charge in [0.15, 0.2) is 0 Å². The molecule has 0 radical (unpaired) electrons. The van der Waals surface area contributed by atoms with Gasteiger partial charge in [0, 0.05) is 0 Å². The number of rotatable bonds is 12. The minimum atomic E-state index is -4.62. The molecule has 0 unspecified atom stereocenters. The molecule has 13 heteroatoms. The quantitative estimate of drug-likeness (QED) is 0.124. The molecule has 0 aromatic heterocycles. The van der Waals surface area contributed by atoms with Gasteiger partial charge in [-0.2, -0.15) is 0 Å². The zero-order chi connectivity index (χ0) is 19.4. The summed E-state index contributed by atoms with van der Waals surface area (Å²) in [4.78, 5) is 35.2. The van der Waals surface area contributed by atoms with Gasteiger partial charge in [-0.05, 0) is 0 Å².